The van der Waals surface area contributed by atoms with Gasteiger partial charge in [0.1, 0.15) is 0 Å². The number of hydrogen-bond donors (Lipinski definition) is 4. The van der Waals surface area contributed by atoms with Crippen molar-refractivity contribution in [3.63, 3.8) is 0 Å². The number of imidazole rings is 1. The summed E-state index contributed by atoms with van der Waals surface area (Å²) in [6.07, 6.45) is 0.611. The number of ether oxygens (including phenoxy) is 1. The van der Waals surface area contributed by atoms with Gasteiger partial charge in [-0.15, -0.1) is 0 Å². The average Bonchev–Trinajstić information content (AvgIpc) is 2.95. The first-order valence-corrected chi connectivity index (χ1v) is 7.64. The first-order valence-electron chi connectivity index (χ1n) is 7.12. The summed E-state index contributed by atoms with van der Waals surface area (Å²) in [6.45, 7) is 4.12. The maximum Gasteiger partial charge on any atom is 0.280 e. The number of hydrogen-bond acceptors (Lipinski definition) is 7. The van der Waals surface area contributed by atoms with Crippen LogP contribution in [0.2, 0.25) is 0 Å². The quantitative estimate of drug-likeness (QED) is 0.603. The summed E-state index contributed by atoms with van der Waals surface area (Å²) >= 11 is 4.46. The van der Waals surface area contributed by atoms with Crippen LogP contribution in [0.5, 0.6) is 0 Å². The van der Waals surface area contributed by atoms with Crippen molar-refractivity contribution >= 4 is 29.7 Å². The van der Waals surface area contributed by atoms with Crippen LogP contribution in [0.1, 0.15) is 26.5 Å². The van der Waals surface area contributed by atoms with Crippen molar-refractivity contribution in [2.75, 3.05) is 5.73 Å². The third-order valence-corrected chi connectivity index (χ3v) is 4.33. The molecule has 3 rings (SSSR count). The Balaban J connectivity index is 1.99. The molecule has 0 aromatic carbocycles. The van der Waals surface area contributed by atoms with E-state index in [9.17, 15) is 9.90 Å². The van der Waals surface area contributed by atoms with Crippen molar-refractivity contribution in [3.8, 4) is 0 Å². The number of H-pyrrole nitrogens is 1. The number of fused-ring (bicyclic) bond motifs is 1. The van der Waals surface area contributed by atoms with Gasteiger partial charge in [-0.2, -0.15) is 17.6 Å². The molecule has 0 radical (unpaired) electrons. The molecule has 1 fully saturated rings. The van der Waals surface area contributed by atoms with E-state index in [2.05, 4.69) is 41.4 Å². The molecule has 1 aliphatic rings. The van der Waals surface area contributed by atoms with Gasteiger partial charge in [-0.1, -0.05) is 13.8 Å². The molecule has 4 N–H and O–H groups in total. The van der Waals surface area contributed by atoms with Crippen molar-refractivity contribution in [2.45, 2.75) is 44.0 Å². The fourth-order valence-electron chi connectivity index (χ4n) is 2.75. The predicted molar refractivity (Wildman–Crippen MR) is 84.7 cm³/mol. The molecule has 0 unspecified atom stereocenters. The van der Waals surface area contributed by atoms with Crippen molar-refractivity contribution < 1.29 is 9.84 Å². The Labute approximate surface area is 132 Å². The molecule has 2 aromatic rings. The van der Waals surface area contributed by atoms with E-state index < -0.39 is 23.1 Å². The lowest BCUT2D eigenvalue weighted by Gasteiger charge is -2.17. The molecule has 9 heteroatoms. The van der Waals surface area contributed by atoms with Crippen LogP contribution in [-0.4, -0.2) is 42.1 Å². The minimum Gasteiger partial charge on any atom is -0.389 e. The SMILES string of the molecule is CC(C)C[C@H]1O[C@@H](n2cnc3c(=O)[nH]c(N)nc32)[C@H](S)[C@@H]1O. The van der Waals surface area contributed by atoms with Gasteiger partial charge in [-0.3, -0.25) is 14.3 Å². The highest BCUT2D eigenvalue weighted by molar-refractivity contribution is 7.81. The number of nitrogens with one attached hydrogen (secondary N) is 1. The lowest BCUT2D eigenvalue weighted by atomic mass is 10.0. The molecule has 1 saturated heterocycles. The Kier molecular flexibility index (Phi) is 3.87. The van der Waals surface area contributed by atoms with Gasteiger partial charge in [-0.25, -0.2) is 4.98 Å². The number of aromatic amines is 1. The van der Waals surface area contributed by atoms with Crippen molar-refractivity contribution in [2.24, 2.45) is 5.92 Å². The third kappa shape index (κ3) is 2.49. The Morgan fingerprint density at radius 3 is 3.00 bits per heavy atom. The minimum absolute atomic E-state index is 0.00670. The van der Waals surface area contributed by atoms with Crippen molar-refractivity contribution in [3.05, 3.63) is 16.7 Å². The van der Waals surface area contributed by atoms with Crippen LogP contribution in [0.3, 0.4) is 0 Å². The lowest BCUT2D eigenvalue weighted by molar-refractivity contribution is -0.0262. The molecule has 0 spiro atoms. The highest BCUT2D eigenvalue weighted by Crippen LogP contribution is 2.36. The van der Waals surface area contributed by atoms with Crippen LogP contribution in [0, 0.1) is 5.92 Å². The van der Waals surface area contributed by atoms with Crippen LogP contribution in [0.4, 0.5) is 5.95 Å². The second kappa shape index (κ2) is 5.56. The Hall–Kier alpha value is -1.58. The second-order valence-electron chi connectivity index (χ2n) is 5.95. The molecule has 8 nitrogen and oxygen atoms in total. The molecule has 2 aromatic heterocycles. The molecule has 0 saturated carbocycles. The van der Waals surface area contributed by atoms with E-state index in [4.69, 9.17) is 10.5 Å². The highest BCUT2D eigenvalue weighted by Gasteiger charge is 2.43. The first kappa shape index (κ1) is 15.3. The summed E-state index contributed by atoms with van der Waals surface area (Å²) in [5.74, 6) is 0.391. The number of rotatable bonds is 3. The normalized spacial score (nSPS) is 28.8. The maximum absolute atomic E-state index is 11.8. The molecule has 120 valence electrons. The fourth-order valence-corrected chi connectivity index (χ4v) is 3.15. The van der Waals surface area contributed by atoms with E-state index in [1.54, 1.807) is 4.57 Å². The number of thiol groups is 1. The number of aliphatic hydroxyl groups is 1. The molecular weight excluding hydrogens is 306 g/mol. The van der Waals surface area contributed by atoms with Gasteiger partial charge >= 0.3 is 0 Å². The zero-order chi connectivity index (χ0) is 16.0. The zero-order valence-electron chi connectivity index (χ0n) is 12.3. The standard InChI is InChI=1S/C13H19N5O3S/c1-5(2)3-6-8(19)9(22)12(21-6)18-4-15-7-10(18)16-13(14)17-11(7)20/h4-6,8-9,12,19,22H,3H2,1-2H3,(H3,14,16,17,20)/t6-,8-,9-,12-/m1/s1. The maximum atomic E-state index is 11.8. The molecule has 0 aliphatic carbocycles. The van der Waals surface area contributed by atoms with Gasteiger partial charge in [0.15, 0.2) is 17.4 Å². The van der Waals surface area contributed by atoms with Crippen LogP contribution >= 0.6 is 12.6 Å². The molecule has 1 aliphatic heterocycles. The molecule has 3 heterocycles. The second-order valence-corrected chi connectivity index (χ2v) is 6.55. The van der Waals surface area contributed by atoms with E-state index in [1.807, 2.05) is 0 Å². The van der Waals surface area contributed by atoms with Gasteiger partial charge in [-0.05, 0) is 12.3 Å². The largest absolute Gasteiger partial charge is 0.389 e. The predicted octanol–water partition coefficient (Wildman–Crippen LogP) is 0.305. The topological polar surface area (TPSA) is 119 Å². The van der Waals surface area contributed by atoms with Gasteiger partial charge < -0.3 is 15.6 Å². The van der Waals surface area contributed by atoms with Crippen LogP contribution in [0.25, 0.3) is 11.2 Å². The summed E-state index contributed by atoms with van der Waals surface area (Å²) in [6, 6.07) is 0. The van der Waals surface area contributed by atoms with E-state index in [0.29, 0.717) is 11.6 Å². The Morgan fingerprint density at radius 1 is 1.59 bits per heavy atom. The molecule has 0 bridgehead atoms. The van der Waals surface area contributed by atoms with Crippen molar-refractivity contribution in [1.29, 1.82) is 0 Å². The summed E-state index contributed by atoms with van der Waals surface area (Å²) in [4.78, 5) is 22.4. The monoisotopic (exact) mass is 325 g/mol. The average molecular weight is 325 g/mol. The lowest BCUT2D eigenvalue weighted by Crippen LogP contribution is -2.28. The number of aromatic nitrogens is 4. The van der Waals surface area contributed by atoms with Gasteiger partial charge in [0.2, 0.25) is 5.95 Å². The van der Waals surface area contributed by atoms with Gasteiger partial charge in [0.05, 0.1) is 23.8 Å². The molecule has 4 atom stereocenters. The number of anilines is 1. The molecule has 0 amide bonds. The van der Waals surface area contributed by atoms with Crippen LogP contribution in [0.15, 0.2) is 11.1 Å². The summed E-state index contributed by atoms with van der Waals surface area (Å²) in [5, 5.41) is 9.87. The summed E-state index contributed by atoms with van der Waals surface area (Å²) in [5.41, 5.74) is 5.68. The summed E-state index contributed by atoms with van der Waals surface area (Å²) in [7, 11) is 0. The van der Waals surface area contributed by atoms with E-state index >= 15 is 0 Å². The van der Waals surface area contributed by atoms with E-state index in [-0.39, 0.29) is 17.6 Å². The van der Waals surface area contributed by atoms with Gasteiger partial charge in [0, 0.05) is 0 Å². The number of aliphatic hydroxyl groups excluding tert-OH is 1. The number of nitrogens with zero attached hydrogens (tertiary/aromatic N) is 3. The third-order valence-electron chi connectivity index (χ3n) is 3.77. The van der Waals surface area contributed by atoms with Gasteiger partial charge in [0.25, 0.3) is 5.56 Å². The smallest absolute Gasteiger partial charge is 0.280 e. The molecular formula is C13H19N5O3S. The Bertz CT molecular complexity index is 743. The minimum atomic E-state index is -0.701. The van der Waals surface area contributed by atoms with Crippen molar-refractivity contribution in [1.82, 2.24) is 19.5 Å². The van der Waals surface area contributed by atoms with Crippen LogP contribution in [-0.2, 0) is 4.74 Å². The number of nitrogen functional groups attached to an aromatic ring is 1. The zero-order valence-corrected chi connectivity index (χ0v) is 13.2. The molecule has 22 heavy (non-hydrogen) atoms. The fraction of sp³-hybridized carbons (Fsp3) is 0.615. The summed E-state index contributed by atoms with van der Waals surface area (Å²) < 4.78 is 7.53. The van der Waals surface area contributed by atoms with E-state index in [1.165, 1.54) is 6.33 Å². The van der Waals surface area contributed by atoms with E-state index in [0.717, 1.165) is 6.42 Å². The highest BCUT2D eigenvalue weighted by atomic mass is 32.1. The first-order chi connectivity index (χ1) is 10.4. The number of nitrogens with two attached hydrogens (primary N) is 1. The Morgan fingerprint density at radius 2 is 2.32 bits per heavy atom. The van der Waals surface area contributed by atoms with Crippen LogP contribution < -0.4 is 11.3 Å².